The molecule has 202 valence electrons. The first-order valence-corrected chi connectivity index (χ1v) is 12.6. The van der Waals surface area contributed by atoms with Crippen molar-refractivity contribution in [2.24, 2.45) is 7.05 Å². The molecule has 0 radical (unpaired) electrons. The highest BCUT2D eigenvalue weighted by Crippen LogP contribution is 2.25. The van der Waals surface area contributed by atoms with Crippen LogP contribution in [-0.4, -0.2) is 33.2 Å². The van der Waals surface area contributed by atoms with Crippen molar-refractivity contribution in [3.63, 3.8) is 0 Å². The standard InChI is InChI=1S/C24H22N4O.C7H10.C2H7N/c1-17(2)9-10-23-26-19(15-27(23)3)16-28-12-11-20-21(18-7-5-4-6-8-18)13-25-14-22(20)24(28)29;1-4-6-7(3)5-2;1-3-2/h4-15H,1,16H2,2-3H3;4-6H,1-2H2,3H3;3H,1-2H3/b10-9-;7-6-;. The van der Waals surface area contributed by atoms with Gasteiger partial charge in [-0.3, -0.25) is 9.78 Å². The Hall–Kier alpha value is -4.55. The van der Waals surface area contributed by atoms with Gasteiger partial charge in [-0.15, -0.1) is 0 Å². The fourth-order valence-corrected chi connectivity index (χ4v) is 3.60. The Morgan fingerprint density at radius 3 is 2.33 bits per heavy atom. The van der Waals surface area contributed by atoms with E-state index in [1.807, 2.05) is 107 Å². The van der Waals surface area contributed by atoms with Gasteiger partial charge in [0.15, 0.2) is 0 Å². The minimum atomic E-state index is -0.0718. The molecule has 0 bridgehead atoms. The van der Waals surface area contributed by atoms with Crippen LogP contribution in [0.15, 0.2) is 121 Å². The predicted molar refractivity (Wildman–Crippen MR) is 167 cm³/mol. The summed E-state index contributed by atoms with van der Waals surface area (Å²) in [6.45, 7) is 15.3. The SMILES string of the molecule is C=C(C)/C=C\c1nc(Cn2ccc3c(-c4ccccc4)cncc3c2=O)cn1C.C=C/C=C(/C)C=C.CNC. The van der Waals surface area contributed by atoms with Crippen molar-refractivity contribution in [1.82, 2.24) is 24.4 Å². The number of hydrogen-bond acceptors (Lipinski definition) is 4. The molecule has 0 saturated carbocycles. The van der Waals surface area contributed by atoms with Gasteiger partial charge in [0, 0.05) is 37.4 Å². The van der Waals surface area contributed by atoms with E-state index in [4.69, 9.17) is 0 Å². The Kier molecular flexibility index (Phi) is 12.3. The number of nitrogens with zero attached hydrogens (tertiary/aromatic N) is 4. The second kappa shape index (κ2) is 15.6. The maximum Gasteiger partial charge on any atom is 0.260 e. The van der Waals surface area contributed by atoms with Gasteiger partial charge in [-0.05, 0) is 51.0 Å². The normalized spacial score (nSPS) is 10.8. The highest BCUT2D eigenvalue weighted by Gasteiger charge is 2.10. The van der Waals surface area contributed by atoms with Crippen molar-refractivity contribution < 1.29 is 0 Å². The van der Waals surface area contributed by atoms with Crippen LogP contribution in [0.4, 0.5) is 0 Å². The molecule has 0 aliphatic rings. The number of aromatic nitrogens is 4. The third-order valence-corrected chi connectivity index (χ3v) is 5.50. The molecule has 0 aliphatic carbocycles. The van der Waals surface area contributed by atoms with Crippen LogP contribution in [0.25, 0.3) is 28.0 Å². The number of allylic oxidation sites excluding steroid dienone is 6. The summed E-state index contributed by atoms with van der Waals surface area (Å²) in [5.74, 6) is 0.824. The van der Waals surface area contributed by atoms with Gasteiger partial charge in [0.05, 0.1) is 17.6 Å². The molecule has 4 rings (SSSR count). The Labute approximate surface area is 232 Å². The first-order chi connectivity index (χ1) is 18.7. The van der Waals surface area contributed by atoms with Gasteiger partial charge in [0.1, 0.15) is 5.82 Å². The van der Waals surface area contributed by atoms with Crippen LogP contribution < -0.4 is 10.9 Å². The zero-order chi connectivity index (χ0) is 28.8. The maximum absolute atomic E-state index is 13.1. The average molecular weight is 522 g/mol. The minimum absolute atomic E-state index is 0.0718. The van der Waals surface area contributed by atoms with E-state index in [1.54, 1.807) is 29.1 Å². The third-order valence-electron chi connectivity index (χ3n) is 5.50. The smallest absolute Gasteiger partial charge is 0.260 e. The van der Waals surface area contributed by atoms with E-state index in [1.165, 1.54) is 0 Å². The number of imidazole rings is 1. The van der Waals surface area contributed by atoms with Crippen LogP contribution in [0.2, 0.25) is 0 Å². The lowest BCUT2D eigenvalue weighted by Crippen LogP contribution is -2.20. The van der Waals surface area contributed by atoms with Crippen molar-refractivity contribution >= 4 is 16.8 Å². The lowest BCUT2D eigenvalue weighted by atomic mass is 10.0. The van der Waals surface area contributed by atoms with Crippen molar-refractivity contribution in [3.8, 4) is 11.1 Å². The quantitative estimate of drug-likeness (QED) is 0.279. The lowest BCUT2D eigenvalue weighted by Gasteiger charge is -2.09. The highest BCUT2D eigenvalue weighted by atomic mass is 16.1. The summed E-state index contributed by atoms with van der Waals surface area (Å²) in [7, 11) is 5.69. The first kappa shape index (κ1) is 30.7. The van der Waals surface area contributed by atoms with Crippen LogP contribution in [0.3, 0.4) is 0 Å². The molecule has 4 aromatic rings. The monoisotopic (exact) mass is 521 g/mol. The Morgan fingerprint density at radius 1 is 1.05 bits per heavy atom. The molecule has 0 fully saturated rings. The summed E-state index contributed by atoms with van der Waals surface area (Å²) in [5, 5.41) is 4.26. The lowest BCUT2D eigenvalue weighted by molar-refractivity contribution is 0.750. The second-order valence-corrected chi connectivity index (χ2v) is 8.99. The van der Waals surface area contributed by atoms with E-state index in [0.717, 1.165) is 39.2 Å². The number of benzene rings is 1. The average Bonchev–Trinajstić information content (AvgIpc) is 3.29. The van der Waals surface area contributed by atoms with Crippen LogP contribution in [0, 0.1) is 0 Å². The van der Waals surface area contributed by atoms with Gasteiger partial charge in [-0.2, -0.15) is 0 Å². The topological polar surface area (TPSA) is 64.7 Å². The molecule has 6 heteroatoms. The van der Waals surface area contributed by atoms with Gasteiger partial charge in [0.25, 0.3) is 5.56 Å². The zero-order valence-electron chi connectivity index (χ0n) is 23.7. The molecule has 0 unspecified atom stereocenters. The Balaban J connectivity index is 0.000000459. The van der Waals surface area contributed by atoms with Gasteiger partial charge in [-0.1, -0.05) is 85.5 Å². The van der Waals surface area contributed by atoms with Gasteiger partial charge in [0.2, 0.25) is 0 Å². The fraction of sp³-hybridized carbons (Fsp3) is 0.182. The molecule has 6 nitrogen and oxygen atoms in total. The molecule has 1 aromatic carbocycles. The molecular formula is C33H39N5O. The molecule has 0 amide bonds. The summed E-state index contributed by atoms with van der Waals surface area (Å²) in [5.41, 5.74) is 4.86. The molecule has 3 aromatic heterocycles. The Bertz CT molecular complexity index is 1520. The fourth-order valence-electron chi connectivity index (χ4n) is 3.60. The number of aryl methyl sites for hydroxylation is 1. The number of nitrogens with one attached hydrogen (secondary N) is 1. The number of fused-ring (bicyclic) bond motifs is 1. The molecular weight excluding hydrogens is 482 g/mol. The van der Waals surface area contributed by atoms with Gasteiger partial charge >= 0.3 is 0 Å². The summed E-state index contributed by atoms with van der Waals surface area (Å²) < 4.78 is 3.61. The van der Waals surface area contributed by atoms with E-state index < -0.39 is 0 Å². The van der Waals surface area contributed by atoms with Crippen LogP contribution in [-0.2, 0) is 13.6 Å². The number of pyridine rings is 2. The van der Waals surface area contributed by atoms with Crippen molar-refractivity contribution in [3.05, 3.63) is 138 Å². The summed E-state index contributed by atoms with van der Waals surface area (Å²) in [4.78, 5) is 22.0. The molecule has 1 N–H and O–H groups in total. The summed E-state index contributed by atoms with van der Waals surface area (Å²) in [6.07, 6.45) is 16.5. The number of rotatable bonds is 7. The van der Waals surface area contributed by atoms with Crippen molar-refractivity contribution in [2.45, 2.75) is 20.4 Å². The van der Waals surface area contributed by atoms with Crippen LogP contribution in [0.1, 0.15) is 25.4 Å². The molecule has 3 heterocycles. The summed E-state index contributed by atoms with van der Waals surface area (Å²) in [6, 6.07) is 12.0. The van der Waals surface area contributed by atoms with Crippen molar-refractivity contribution in [1.29, 1.82) is 0 Å². The molecule has 0 atom stereocenters. The second-order valence-electron chi connectivity index (χ2n) is 8.99. The third kappa shape index (κ3) is 9.05. The number of hydrogen-bond donors (Lipinski definition) is 1. The summed E-state index contributed by atoms with van der Waals surface area (Å²) >= 11 is 0. The molecule has 0 spiro atoms. The van der Waals surface area contributed by atoms with E-state index in [2.05, 4.69) is 35.0 Å². The van der Waals surface area contributed by atoms with Crippen molar-refractivity contribution in [2.75, 3.05) is 14.1 Å². The minimum Gasteiger partial charge on any atom is -0.334 e. The van der Waals surface area contributed by atoms with Gasteiger partial charge in [-0.25, -0.2) is 4.98 Å². The highest BCUT2D eigenvalue weighted by molar-refractivity contribution is 5.95. The predicted octanol–water partition coefficient (Wildman–Crippen LogP) is 6.57. The van der Waals surface area contributed by atoms with Gasteiger partial charge < -0.3 is 14.5 Å². The maximum atomic E-state index is 13.1. The van der Waals surface area contributed by atoms with E-state index in [-0.39, 0.29) is 5.56 Å². The largest absolute Gasteiger partial charge is 0.334 e. The molecule has 0 aliphatic heterocycles. The molecule has 39 heavy (non-hydrogen) atoms. The first-order valence-electron chi connectivity index (χ1n) is 12.6. The van der Waals surface area contributed by atoms with E-state index >= 15 is 0 Å². The van der Waals surface area contributed by atoms with Crippen LogP contribution >= 0.6 is 0 Å². The van der Waals surface area contributed by atoms with Crippen LogP contribution in [0.5, 0.6) is 0 Å². The Morgan fingerprint density at radius 2 is 1.74 bits per heavy atom. The zero-order valence-corrected chi connectivity index (χ0v) is 23.7. The van der Waals surface area contributed by atoms with E-state index in [0.29, 0.717) is 11.9 Å². The molecule has 0 saturated heterocycles. The van der Waals surface area contributed by atoms with E-state index in [9.17, 15) is 4.79 Å².